The van der Waals surface area contributed by atoms with Gasteiger partial charge in [0.15, 0.2) is 0 Å². The molecule has 2 rings (SSSR count). The smallest absolute Gasteiger partial charge is 0.0912 e. The van der Waals surface area contributed by atoms with Gasteiger partial charge in [0, 0.05) is 20.6 Å². The van der Waals surface area contributed by atoms with Crippen molar-refractivity contribution in [3.05, 3.63) is 94.0 Å². The van der Waals surface area contributed by atoms with Crippen LogP contribution in [-0.4, -0.2) is 0 Å². The first-order chi connectivity index (χ1) is 10.7. The Morgan fingerprint density at radius 3 is 2.32 bits per heavy atom. The minimum atomic E-state index is 0.928. The molecule has 0 aliphatic carbocycles. The summed E-state index contributed by atoms with van der Waals surface area (Å²) >= 11 is 7.20. The average molecular weight is 415 g/mol. The normalized spacial score (nSPS) is 12.4. The van der Waals surface area contributed by atoms with Gasteiger partial charge in [-0.05, 0) is 39.2 Å². The van der Waals surface area contributed by atoms with E-state index >= 15 is 0 Å². The highest BCUT2D eigenvalue weighted by Gasteiger charge is 2.05. The van der Waals surface area contributed by atoms with E-state index in [-0.39, 0.29) is 0 Å². The first-order valence-electron chi connectivity index (χ1n) is 6.66. The number of nitrogens with zero attached hydrogens (tertiary/aromatic N) is 1. The van der Waals surface area contributed by atoms with Crippen LogP contribution in [0.1, 0.15) is 11.1 Å². The summed E-state index contributed by atoms with van der Waals surface area (Å²) in [4.78, 5) is 0. The zero-order chi connectivity index (χ0) is 15.8. The minimum absolute atomic E-state index is 0.928. The Labute approximate surface area is 147 Å². The second-order valence-electron chi connectivity index (χ2n) is 4.46. The van der Waals surface area contributed by atoms with Gasteiger partial charge in [-0.3, -0.25) is 0 Å². The van der Waals surface area contributed by atoms with Crippen molar-refractivity contribution in [3.8, 4) is 6.07 Å². The SMILES string of the molecule is N#CC=CC(C=Cc1ccccc1)=C(Br)c1ccccc1Br. The third-order valence-corrected chi connectivity index (χ3v) is 4.53. The van der Waals surface area contributed by atoms with Crippen LogP contribution >= 0.6 is 31.9 Å². The summed E-state index contributed by atoms with van der Waals surface area (Å²) in [5, 5.41) is 8.80. The molecule has 108 valence electrons. The average Bonchev–Trinajstić information content (AvgIpc) is 2.56. The van der Waals surface area contributed by atoms with Crippen molar-refractivity contribution in [3.63, 3.8) is 0 Å². The molecule has 0 amide bonds. The summed E-state index contributed by atoms with van der Waals surface area (Å²) < 4.78 is 1.93. The highest BCUT2D eigenvalue weighted by atomic mass is 79.9. The Hall–Kier alpha value is -1.89. The maximum absolute atomic E-state index is 8.80. The van der Waals surface area contributed by atoms with Gasteiger partial charge in [-0.2, -0.15) is 5.26 Å². The van der Waals surface area contributed by atoms with Crippen molar-refractivity contribution in [2.24, 2.45) is 0 Å². The summed E-state index contributed by atoms with van der Waals surface area (Å²) in [7, 11) is 0. The van der Waals surface area contributed by atoms with Crippen LogP contribution in [-0.2, 0) is 0 Å². The molecule has 0 spiro atoms. The molecule has 0 atom stereocenters. The predicted octanol–water partition coefficient (Wildman–Crippen LogP) is 6.35. The lowest BCUT2D eigenvalue weighted by Gasteiger charge is -2.06. The van der Waals surface area contributed by atoms with E-state index in [9.17, 15) is 0 Å². The first-order valence-corrected chi connectivity index (χ1v) is 8.25. The van der Waals surface area contributed by atoms with Crippen LogP contribution in [0.3, 0.4) is 0 Å². The largest absolute Gasteiger partial charge is 0.193 e. The highest BCUT2D eigenvalue weighted by Crippen LogP contribution is 2.32. The van der Waals surface area contributed by atoms with Gasteiger partial charge in [0.05, 0.1) is 6.07 Å². The van der Waals surface area contributed by atoms with E-state index in [0.29, 0.717) is 0 Å². The molecule has 0 heterocycles. The molecule has 0 saturated carbocycles. The molecule has 2 aromatic carbocycles. The van der Waals surface area contributed by atoms with Crippen molar-refractivity contribution >= 4 is 42.4 Å². The van der Waals surface area contributed by atoms with Crippen LogP contribution in [0.25, 0.3) is 10.6 Å². The Morgan fingerprint density at radius 1 is 0.955 bits per heavy atom. The zero-order valence-corrected chi connectivity index (χ0v) is 14.9. The second-order valence-corrected chi connectivity index (χ2v) is 6.10. The van der Waals surface area contributed by atoms with Gasteiger partial charge in [-0.1, -0.05) is 76.6 Å². The molecular weight excluding hydrogens is 402 g/mol. The van der Waals surface area contributed by atoms with Crippen LogP contribution in [0.15, 0.2) is 82.9 Å². The fourth-order valence-electron chi connectivity index (χ4n) is 1.87. The zero-order valence-electron chi connectivity index (χ0n) is 11.7. The molecule has 2 aromatic rings. The van der Waals surface area contributed by atoms with Gasteiger partial charge in [0.2, 0.25) is 0 Å². The van der Waals surface area contributed by atoms with Gasteiger partial charge >= 0.3 is 0 Å². The molecule has 0 aliphatic rings. The number of hydrogen-bond donors (Lipinski definition) is 0. The van der Waals surface area contributed by atoms with Gasteiger partial charge in [-0.25, -0.2) is 0 Å². The molecule has 0 aromatic heterocycles. The number of nitriles is 1. The monoisotopic (exact) mass is 413 g/mol. The van der Waals surface area contributed by atoms with E-state index in [0.717, 1.165) is 25.7 Å². The van der Waals surface area contributed by atoms with Crippen LogP contribution in [0, 0.1) is 11.3 Å². The predicted molar refractivity (Wildman–Crippen MR) is 100 cm³/mol. The van der Waals surface area contributed by atoms with Gasteiger partial charge in [0.25, 0.3) is 0 Å². The molecule has 3 heteroatoms. The molecule has 0 fully saturated rings. The lowest BCUT2D eigenvalue weighted by atomic mass is 10.1. The van der Waals surface area contributed by atoms with Crippen LogP contribution in [0.2, 0.25) is 0 Å². The summed E-state index contributed by atoms with van der Waals surface area (Å²) in [5.74, 6) is 0. The molecular formula is C19H13Br2N. The number of halogens is 2. The molecule has 0 aliphatic heterocycles. The maximum Gasteiger partial charge on any atom is 0.0912 e. The van der Waals surface area contributed by atoms with E-state index in [4.69, 9.17) is 5.26 Å². The summed E-state index contributed by atoms with van der Waals surface area (Å²) in [6, 6.07) is 20.0. The van der Waals surface area contributed by atoms with Gasteiger partial charge in [0.1, 0.15) is 0 Å². The van der Waals surface area contributed by atoms with Crippen molar-refractivity contribution in [1.82, 2.24) is 0 Å². The Kier molecular flexibility index (Phi) is 6.39. The number of benzene rings is 2. The van der Waals surface area contributed by atoms with Crippen LogP contribution in [0.4, 0.5) is 0 Å². The minimum Gasteiger partial charge on any atom is -0.193 e. The van der Waals surface area contributed by atoms with Crippen LogP contribution in [0.5, 0.6) is 0 Å². The first kappa shape index (κ1) is 16.5. The Morgan fingerprint density at radius 2 is 1.64 bits per heavy atom. The lowest BCUT2D eigenvalue weighted by Crippen LogP contribution is -1.83. The number of allylic oxidation sites excluding steroid dienone is 4. The van der Waals surface area contributed by atoms with Gasteiger partial charge in [-0.15, -0.1) is 0 Å². The molecule has 1 nitrogen and oxygen atoms in total. The van der Waals surface area contributed by atoms with Crippen molar-refractivity contribution in [1.29, 1.82) is 5.26 Å². The molecule has 0 bridgehead atoms. The standard InChI is InChI=1S/C19H13Br2N/c20-18-11-5-4-10-17(18)19(21)16(9-6-14-22)13-12-15-7-2-1-3-8-15/h1-13H. The van der Waals surface area contributed by atoms with E-state index in [2.05, 4.69) is 31.9 Å². The second kappa shape index (κ2) is 8.53. The van der Waals surface area contributed by atoms with Crippen LogP contribution < -0.4 is 0 Å². The molecule has 0 radical (unpaired) electrons. The summed E-state index contributed by atoms with van der Waals surface area (Å²) in [6.07, 6.45) is 7.29. The van der Waals surface area contributed by atoms with Crippen molar-refractivity contribution in [2.45, 2.75) is 0 Å². The Balaban J connectivity index is 2.44. The number of rotatable bonds is 4. The van der Waals surface area contributed by atoms with Crippen molar-refractivity contribution in [2.75, 3.05) is 0 Å². The van der Waals surface area contributed by atoms with E-state index < -0.39 is 0 Å². The Bertz CT molecular complexity index is 766. The third-order valence-electron chi connectivity index (χ3n) is 2.96. The lowest BCUT2D eigenvalue weighted by molar-refractivity contribution is 1.53. The maximum atomic E-state index is 8.80. The quantitative estimate of drug-likeness (QED) is 0.422. The summed E-state index contributed by atoms with van der Waals surface area (Å²) in [6.45, 7) is 0. The molecule has 0 saturated heterocycles. The summed E-state index contributed by atoms with van der Waals surface area (Å²) in [5.41, 5.74) is 3.08. The van der Waals surface area contributed by atoms with Crippen molar-refractivity contribution < 1.29 is 0 Å². The topological polar surface area (TPSA) is 23.8 Å². The molecule has 22 heavy (non-hydrogen) atoms. The number of hydrogen-bond acceptors (Lipinski definition) is 1. The fraction of sp³-hybridized carbons (Fsp3) is 0. The van der Waals surface area contributed by atoms with E-state index in [1.165, 1.54) is 6.08 Å². The molecule has 0 N–H and O–H groups in total. The van der Waals surface area contributed by atoms with E-state index in [1.807, 2.05) is 72.8 Å². The highest BCUT2D eigenvalue weighted by molar-refractivity contribution is 9.15. The third kappa shape index (κ3) is 4.56. The molecule has 0 unspecified atom stereocenters. The fourth-order valence-corrected chi connectivity index (χ4v) is 3.23. The van der Waals surface area contributed by atoms with E-state index in [1.54, 1.807) is 6.08 Å². The van der Waals surface area contributed by atoms with Gasteiger partial charge < -0.3 is 0 Å².